The molecule has 0 aliphatic heterocycles. The van der Waals surface area contributed by atoms with Crippen molar-refractivity contribution in [3.8, 4) is 0 Å². The van der Waals surface area contributed by atoms with Crippen molar-refractivity contribution < 1.29 is 13.2 Å². The van der Waals surface area contributed by atoms with Gasteiger partial charge >= 0.3 is 10.2 Å². The van der Waals surface area contributed by atoms with Gasteiger partial charge in [0.2, 0.25) is 5.91 Å². The number of nitrogens with one attached hydrogen (secondary N) is 2. The van der Waals surface area contributed by atoms with E-state index in [4.69, 9.17) is 0 Å². The fourth-order valence-electron chi connectivity index (χ4n) is 0.618. The molecule has 0 aliphatic carbocycles. The number of amides is 1. The summed E-state index contributed by atoms with van der Waals surface area (Å²) in [6, 6.07) is 0. The fraction of sp³-hybridized carbons (Fsp3) is 0.833. The van der Waals surface area contributed by atoms with E-state index >= 15 is 0 Å². The Balaban J connectivity index is 4.36. The topological polar surface area (TPSA) is 75.3 Å². The Hall–Kier alpha value is -0.620. The molecule has 0 radical (unpaired) electrons. The maximum Gasteiger partial charge on any atom is 0.301 e. The summed E-state index contributed by atoms with van der Waals surface area (Å²) in [7, 11) is -3.69. The lowest BCUT2D eigenvalue weighted by Gasteiger charge is -2.19. The highest BCUT2D eigenvalue weighted by Gasteiger charge is 2.19. The van der Waals surface area contributed by atoms with E-state index in [1.165, 1.54) is 0 Å². The van der Waals surface area contributed by atoms with E-state index in [9.17, 15) is 13.2 Å². The first-order valence-electron chi connectivity index (χ1n) is 3.45. The second kappa shape index (κ2) is 3.40. The summed E-state index contributed by atoms with van der Waals surface area (Å²) in [5.41, 5.74) is -0.582. The number of hydrogen-bond donors (Lipinski definition) is 2. The summed E-state index contributed by atoms with van der Waals surface area (Å²) in [4.78, 5) is 10.4. The lowest BCUT2D eigenvalue weighted by molar-refractivity contribution is -0.117. The standard InChI is InChI=1S/C6H14N2O3S/c1-5(9)7-12(10,11)8-6(2,3)4/h8H,1-4H3,(H,7,9). The zero-order valence-corrected chi connectivity index (χ0v) is 8.45. The molecule has 0 atom stereocenters. The minimum absolute atomic E-state index is 0.582. The SMILES string of the molecule is CC(=O)NS(=O)(=O)NC(C)(C)C. The van der Waals surface area contributed by atoms with Gasteiger partial charge in [-0.3, -0.25) is 4.79 Å². The highest BCUT2D eigenvalue weighted by Crippen LogP contribution is 1.99. The van der Waals surface area contributed by atoms with Crippen LogP contribution in [0.3, 0.4) is 0 Å². The van der Waals surface area contributed by atoms with Crippen LogP contribution in [0.15, 0.2) is 0 Å². The number of hydrogen-bond acceptors (Lipinski definition) is 3. The molecule has 0 fully saturated rings. The van der Waals surface area contributed by atoms with Gasteiger partial charge in [-0.1, -0.05) is 0 Å². The van der Waals surface area contributed by atoms with E-state index < -0.39 is 21.7 Å². The number of carbonyl (C=O) groups excluding carboxylic acids is 1. The summed E-state index contributed by atoms with van der Waals surface area (Å²) in [5, 5.41) is 0. The van der Waals surface area contributed by atoms with Gasteiger partial charge in [-0.25, -0.2) is 4.72 Å². The highest BCUT2D eigenvalue weighted by molar-refractivity contribution is 7.88. The first kappa shape index (κ1) is 11.4. The quantitative estimate of drug-likeness (QED) is 0.636. The van der Waals surface area contributed by atoms with Crippen molar-refractivity contribution in [1.29, 1.82) is 0 Å². The first-order valence-corrected chi connectivity index (χ1v) is 4.93. The molecule has 0 aromatic heterocycles. The van der Waals surface area contributed by atoms with Crippen molar-refractivity contribution in [3.63, 3.8) is 0 Å². The molecular formula is C6H14N2O3S. The van der Waals surface area contributed by atoms with Gasteiger partial charge in [0.25, 0.3) is 0 Å². The Morgan fingerprint density at radius 3 is 1.92 bits per heavy atom. The van der Waals surface area contributed by atoms with Gasteiger partial charge in [-0.15, -0.1) is 0 Å². The molecule has 0 saturated carbocycles. The Labute approximate surface area is 72.7 Å². The minimum Gasteiger partial charge on any atom is -0.274 e. The maximum absolute atomic E-state index is 11.0. The van der Waals surface area contributed by atoms with Crippen LogP contribution in [0.1, 0.15) is 27.7 Å². The summed E-state index contributed by atoms with van der Waals surface area (Å²) in [5.74, 6) is -0.605. The zero-order chi connectivity index (χ0) is 9.99. The van der Waals surface area contributed by atoms with Gasteiger partial charge in [0, 0.05) is 12.5 Å². The highest BCUT2D eigenvalue weighted by atomic mass is 32.2. The molecule has 0 spiro atoms. The smallest absolute Gasteiger partial charge is 0.274 e. The summed E-state index contributed by atoms with van der Waals surface area (Å²) < 4.78 is 26.1. The number of carbonyl (C=O) groups is 1. The molecule has 5 nitrogen and oxygen atoms in total. The lowest BCUT2D eigenvalue weighted by atomic mass is 10.1. The van der Waals surface area contributed by atoms with Crippen LogP contribution < -0.4 is 9.44 Å². The molecule has 0 bridgehead atoms. The van der Waals surface area contributed by atoms with Gasteiger partial charge in [0.1, 0.15) is 0 Å². The Kier molecular flexibility index (Phi) is 3.23. The van der Waals surface area contributed by atoms with Crippen LogP contribution in [0, 0.1) is 0 Å². The van der Waals surface area contributed by atoms with E-state index in [-0.39, 0.29) is 0 Å². The summed E-state index contributed by atoms with van der Waals surface area (Å²) >= 11 is 0. The summed E-state index contributed by atoms with van der Waals surface area (Å²) in [6.45, 7) is 6.20. The van der Waals surface area contributed by atoms with Gasteiger partial charge in [-0.05, 0) is 20.8 Å². The second-order valence-electron chi connectivity index (χ2n) is 3.51. The monoisotopic (exact) mass is 194 g/mol. The first-order chi connectivity index (χ1) is 5.12. The van der Waals surface area contributed by atoms with E-state index in [0.29, 0.717) is 0 Å². The molecule has 0 unspecified atom stereocenters. The van der Waals surface area contributed by atoms with Crippen LogP contribution >= 0.6 is 0 Å². The number of rotatable bonds is 2. The molecule has 0 aliphatic rings. The molecule has 0 heterocycles. The second-order valence-corrected chi connectivity index (χ2v) is 4.93. The molecule has 0 saturated heterocycles. The molecule has 1 amide bonds. The molecule has 0 rings (SSSR count). The Morgan fingerprint density at radius 2 is 1.67 bits per heavy atom. The molecule has 0 aromatic carbocycles. The zero-order valence-electron chi connectivity index (χ0n) is 7.63. The third kappa shape index (κ3) is 6.11. The van der Waals surface area contributed by atoms with Gasteiger partial charge in [0.15, 0.2) is 0 Å². The summed E-state index contributed by atoms with van der Waals surface area (Å²) in [6.07, 6.45) is 0. The lowest BCUT2D eigenvalue weighted by Crippen LogP contribution is -2.48. The predicted octanol–water partition coefficient (Wildman–Crippen LogP) is -0.245. The normalized spacial score (nSPS) is 12.7. The van der Waals surface area contributed by atoms with Crippen molar-refractivity contribution in [2.75, 3.05) is 0 Å². The van der Waals surface area contributed by atoms with E-state index in [2.05, 4.69) is 4.72 Å². The van der Waals surface area contributed by atoms with Gasteiger partial charge in [0.05, 0.1) is 0 Å². The average Bonchev–Trinajstić information content (AvgIpc) is 1.48. The van der Waals surface area contributed by atoms with Crippen LogP contribution in [-0.2, 0) is 15.0 Å². The van der Waals surface area contributed by atoms with Gasteiger partial charge < -0.3 is 0 Å². The molecule has 72 valence electrons. The van der Waals surface area contributed by atoms with Crippen LogP contribution in [0.25, 0.3) is 0 Å². The largest absolute Gasteiger partial charge is 0.301 e. The van der Waals surface area contributed by atoms with Crippen LogP contribution in [0.5, 0.6) is 0 Å². The van der Waals surface area contributed by atoms with Gasteiger partial charge in [-0.2, -0.15) is 13.1 Å². The third-order valence-corrected chi connectivity index (χ3v) is 2.16. The average molecular weight is 194 g/mol. The van der Waals surface area contributed by atoms with Crippen molar-refractivity contribution in [2.45, 2.75) is 33.2 Å². The van der Waals surface area contributed by atoms with Crippen LogP contribution in [0.4, 0.5) is 0 Å². The Morgan fingerprint density at radius 1 is 1.25 bits per heavy atom. The maximum atomic E-state index is 11.0. The molecule has 2 N–H and O–H groups in total. The molecule has 0 aromatic rings. The molecular weight excluding hydrogens is 180 g/mol. The fourth-order valence-corrected chi connectivity index (χ4v) is 1.85. The third-order valence-electron chi connectivity index (χ3n) is 0.719. The predicted molar refractivity (Wildman–Crippen MR) is 45.6 cm³/mol. The minimum atomic E-state index is -3.69. The van der Waals surface area contributed by atoms with Crippen LogP contribution in [-0.4, -0.2) is 19.9 Å². The van der Waals surface area contributed by atoms with Crippen molar-refractivity contribution in [3.05, 3.63) is 0 Å². The van der Waals surface area contributed by atoms with Crippen molar-refractivity contribution >= 4 is 16.1 Å². The Bertz CT molecular complexity index is 263. The van der Waals surface area contributed by atoms with Crippen molar-refractivity contribution in [2.24, 2.45) is 0 Å². The van der Waals surface area contributed by atoms with Crippen LogP contribution in [0.2, 0.25) is 0 Å². The van der Waals surface area contributed by atoms with Crippen molar-refractivity contribution in [1.82, 2.24) is 9.44 Å². The van der Waals surface area contributed by atoms with E-state index in [1.807, 2.05) is 0 Å². The molecule has 6 heteroatoms. The van der Waals surface area contributed by atoms with E-state index in [1.54, 1.807) is 25.5 Å². The molecule has 12 heavy (non-hydrogen) atoms. The van der Waals surface area contributed by atoms with E-state index in [0.717, 1.165) is 6.92 Å².